The van der Waals surface area contributed by atoms with Crippen LogP contribution in [0.25, 0.3) is 11.0 Å². The first-order valence-electron chi connectivity index (χ1n) is 7.33. The summed E-state index contributed by atoms with van der Waals surface area (Å²) in [5.74, 6) is 0.341. The normalized spacial score (nSPS) is 15.0. The lowest BCUT2D eigenvalue weighted by Crippen LogP contribution is -2.19. The van der Waals surface area contributed by atoms with Crippen molar-refractivity contribution in [2.24, 2.45) is 0 Å². The van der Waals surface area contributed by atoms with E-state index in [0.29, 0.717) is 35.4 Å². The minimum atomic E-state index is -0.393. The Balaban J connectivity index is 0.00000176. The number of likely N-dealkylation sites (tertiary alicyclic amines) is 1. The Bertz CT molecular complexity index is 661. The third kappa shape index (κ3) is 3.20. The molecule has 5 nitrogen and oxygen atoms in total. The number of furan rings is 1. The zero-order valence-electron chi connectivity index (χ0n) is 12.5. The summed E-state index contributed by atoms with van der Waals surface area (Å²) in [7, 11) is 0. The van der Waals surface area contributed by atoms with Crippen molar-refractivity contribution in [2.45, 2.75) is 26.3 Å². The molecule has 0 unspecified atom stereocenters. The third-order valence-corrected chi connectivity index (χ3v) is 3.79. The number of halogens is 1. The van der Waals surface area contributed by atoms with E-state index in [9.17, 15) is 9.90 Å². The van der Waals surface area contributed by atoms with Crippen LogP contribution in [-0.4, -0.2) is 35.7 Å². The van der Waals surface area contributed by atoms with Gasteiger partial charge in [-0.25, -0.2) is 4.79 Å². The summed E-state index contributed by atoms with van der Waals surface area (Å²) < 4.78 is 11.0. The van der Waals surface area contributed by atoms with E-state index in [2.05, 4.69) is 4.90 Å². The molecule has 1 saturated heterocycles. The highest BCUT2D eigenvalue weighted by atomic mass is 35.5. The zero-order chi connectivity index (χ0) is 14.8. The molecule has 1 aliphatic rings. The van der Waals surface area contributed by atoms with Crippen molar-refractivity contribution in [3.05, 3.63) is 29.5 Å². The molecule has 2 heterocycles. The Hall–Kier alpha value is -1.72. The number of ether oxygens (including phenoxy) is 1. The number of carbonyl (C=O) groups is 1. The lowest BCUT2D eigenvalue weighted by Gasteiger charge is -2.13. The fraction of sp³-hybridized carbons (Fsp3) is 0.438. The van der Waals surface area contributed by atoms with Crippen LogP contribution in [0.5, 0.6) is 5.75 Å². The molecule has 1 aromatic carbocycles. The third-order valence-electron chi connectivity index (χ3n) is 3.79. The van der Waals surface area contributed by atoms with Crippen LogP contribution in [0, 0.1) is 0 Å². The maximum atomic E-state index is 12.2. The SMILES string of the molecule is CCOC(=O)c1c(CN2CCCC2)oc2ccc(O)cc12.Cl. The number of phenolic OH excluding ortho intramolecular Hbond substituents is 1. The van der Waals surface area contributed by atoms with Crippen molar-refractivity contribution >= 4 is 29.3 Å². The summed E-state index contributed by atoms with van der Waals surface area (Å²) in [6, 6.07) is 4.79. The fourth-order valence-electron chi connectivity index (χ4n) is 2.82. The van der Waals surface area contributed by atoms with Crippen molar-refractivity contribution in [1.29, 1.82) is 0 Å². The van der Waals surface area contributed by atoms with Crippen molar-refractivity contribution in [2.75, 3.05) is 19.7 Å². The molecule has 1 aliphatic heterocycles. The number of phenols is 1. The summed E-state index contributed by atoms with van der Waals surface area (Å²) in [5, 5.41) is 10.3. The van der Waals surface area contributed by atoms with Gasteiger partial charge < -0.3 is 14.3 Å². The van der Waals surface area contributed by atoms with Gasteiger partial charge in [-0.2, -0.15) is 0 Å². The van der Waals surface area contributed by atoms with Gasteiger partial charge in [0.2, 0.25) is 0 Å². The van der Waals surface area contributed by atoms with Crippen LogP contribution in [0.15, 0.2) is 22.6 Å². The van der Waals surface area contributed by atoms with E-state index in [1.165, 1.54) is 12.8 Å². The van der Waals surface area contributed by atoms with E-state index in [4.69, 9.17) is 9.15 Å². The fourth-order valence-corrected chi connectivity index (χ4v) is 2.82. The van der Waals surface area contributed by atoms with Gasteiger partial charge in [0.15, 0.2) is 0 Å². The molecule has 22 heavy (non-hydrogen) atoms. The summed E-state index contributed by atoms with van der Waals surface area (Å²) in [6.45, 7) is 4.73. The van der Waals surface area contributed by atoms with Gasteiger partial charge in [-0.15, -0.1) is 12.4 Å². The van der Waals surface area contributed by atoms with Crippen LogP contribution >= 0.6 is 12.4 Å². The standard InChI is InChI=1S/C16H19NO4.ClH/c1-2-20-16(19)15-12-9-11(18)5-6-13(12)21-14(15)10-17-7-3-4-8-17;/h5-6,9,18H,2-4,7-8,10H2,1H3;1H. The number of nitrogens with zero attached hydrogens (tertiary/aromatic N) is 1. The van der Waals surface area contributed by atoms with E-state index in [-0.39, 0.29) is 18.2 Å². The first kappa shape index (κ1) is 16.6. The topological polar surface area (TPSA) is 62.9 Å². The van der Waals surface area contributed by atoms with Crippen LogP contribution in [0.1, 0.15) is 35.9 Å². The summed E-state index contributed by atoms with van der Waals surface area (Å²) in [6.07, 6.45) is 2.35. The number of esters is 1. The number of hydrogen-bond acceptors (Lipinski definition) is 5. The number of carbonyl (C=O) groups excluding carboxylic acids is 1. The number of benzene rings is 1. The Labute approximate surface area is 135 Å². The first-order valence-corrected chi connectivity index (χ1v) is 7.33. The Morgan fingerprint density at radius 2 is 2.09 bits per heavy atom. The van der Waals surface area contributed by atoms with Crippen LogP contribution in [-0.2, 0) is 11.3 Å². The van der Waals surface area contributed by atoms with Crippen molar-refractivity contribution in [3.8, 4) is 5.75 Å². The Kier molecular flexibility index (Phi) is 5.32. The van der Waals surface area contributed by atoms with E-state index >= 15 is 0 Å². The van der Waals surface area contributed by atoms with Crippen molar-refractivity contribution < 1.29 is 19.1 Å². The van der Waals surface area contributed by atoms with Gasteiger partial charge in [0.25, 0.3) is 0 Å². The van der Waals surface area contributed by atoms with Gasteiger partial charge in [-0.1, -0.05) is 0 Å². The monoisotopic (exact) mass is 325 g/mol. The van der Waals surface area contributed by atoms with Crippen LogP contribution in [0.3, 0.4) is 0 Å². The smallest absolute Gasteiger partial charge is 0.342 e. The molecule has 1 aromatic heterocycles. The number of fused-ring (bicyclic) bond motifs is 1. The predicted octanol–water partition coefficient (Wildman–Crippen LogP) is 3.33. The van der Waals surface area contributed by atoms with Crippen LogP contribution in [0.4, 0.5) is 0 Å². The molecule has 0 amide bonds. The molecule has 0 saturated carbocycles. The average Bonchev–Trinajstić information content (AvgIpc) is 3.06. The van der Waals surface area contributed by atoms with Crippen molar-refractivity contribution in [3.63, 3.8) is 0 Å². The molecule has 1 N–H and O–H groups in total. The summed E-state index contributed by atoms with van der Waals surface area (Å²) >= 11 is 0. The molecule has 0 bridgehead atoms. The van der Waals surface area contributed by atoms with Gasteiger partial charge in [0.1, 0.15) is 22.7 Å². The zero-order valence-corrected chi connectivity index (χ0v) is 13.3. The molecule has 120 valence electrons. The summed E-state index contributed by atoms with van der Waals surface area (Å²) in [4.78, 5) is 14.5. The highest BCUT2D eigenvalue weighted by molar-refractivity contribution is 6.04. The molecule has 2 aromatic rings. The van der Waals surface area contributed by atoms with E-state index in [0.717, 1.165) is 13.1 Å². The van der Waals surface area contributed by atoms with Gasteiger partial charge >= 0.3 is 5.97 Å². The molecule has 0 spiro atoms. The highest BCUT2D eigenvalue weighted by Gasteiger charge is 2.24. The van der Waals surface area contributed by atoms with E-state index in [1.807, 2.05) is 0 Å². The predicted molar refractivity (Wildman–Crippen MR) is 85.6 cm³/mol. The molecule has 0 aliphatic carbocycles. The minimum absolute atomic E-state index is 0. The second kappa shape index (κ2) is 7.03. The van der Waals surface area contributed by atoms with Gasteiger partial charge in [-0.3, -0.25) is 4.90 Å². The number of rotatable bonds is 4. The molecule has 6 heteroatoms. The quantitative estimate of drug-likeness (QED) is 0.874. The Morgan fingerprint density at radius 3 is 2.77 bits per heavy atom. The summed E-state index contributed by atoms with van der Waals surface area (Å²) in [5.41, 5.74) is 1.04. The van der Waals surface area contributed by atoms with Gasteiger partial charge in [0.05, 0.1) is 13.2 Å². The minimum Gasteiger partial charge on any atom is -0.508 e. The second-order valence-electron chi connectivity index (χ2n) is 5.28. The van der Waals surface area contributed by atoms with E-state index in [1.54, 1.807) is 25.1 Å². The largest absolute Gasteiger partial charge is 0.508 e. The molecular weight excluding hydrogens is 306 g/mol. The molecule has 3 rings (SSSR count). The highest BCUT2D eigenvalue weighted by Crippen LogP contribution is 2.31. The number of aromatic hydroxyl groups is 1. The Morgan fingerprint density at radius 1 is 1.36 bits per heavy atom. The van der Waals surface area contributed by atoms with Crippen molar-refractivity contribution in [1.82, 2.24) is 4.90 Å². The maximum Gasteiger partial charge on any atom is 0.342 e. The molecule has 0 radical (unpaired) electrons. The van der Waals surface area contributed by atoms with E-state index < -0.39 is 5.97 Å². The maximum absolute atomic E-state index is 12.2. The average molecular weight is 326 g/mol. The van der Waals surface area contributed by atoms with Crippen LogP contribution < -0.4 is 0 Å². The first-order chi connectivity index (χ1) is 10.2. The second-order valence-corrected chi connectivity index (χ2v) is 5.28. The lowest BCUT2D eigenvalue weighted by atomic mass is 10.1. The lowest BCUT2D eigenvalue weighted by molar-refractivity contribution is 0.0524. The number of hydrogen-bond donors (Lipinski definition) is 1. The molecule has 1 fully saturated rings. The molecule has 0 atom stereocenters. The van der Waals surface area contributed by atoms with Gasteiger partial charge in [-0.05, 0) is 51.1 Å². The van der Waals surface area contributed by atoms with Gasteiger partial charge in [0, 0.05) is 5.39 Å². The van der Waals surface area contributed by atoms with Crippen LogP contribution in [0.2, 0.25) is 0 Å². The molecular formula is C16H20ClNO4.